The number of β-amino-alcohol motifs (C(OH)–C–C–N with tert-alkyl or cyclic N) is 1. The minimum absolute atomic E-state index is 0.0118. The van der Waals surface area contributed by atoms with E-state index in [2.05, 4.69) is 0 Å². The van der Waals surface area contributed by atoms with Gasteiger partial charge in [-0.25, -0.2) is 4.79 Å². The van der Waals surface area contributed by atoms with Gasteiger partial charge in [-0.1, -0.05) is 20.8 Å². The van der Waals surface area contributed by atoms with Crippen LogP contribution in [0.2, 0.25) is 0 Å². The topological polar surface area (TPSA) is 117 Å². The van der Waals surface area contributed by atoms with E-state index in [1.165, 1.54) is 7.11 Å². The van der Waals surface area contributed by atoms with Crippen molar-refractivity contribution < 1.29 is 34.4 Å². The third kappa shape index (κ3) is 3.34. The van der Waals surface area contributed by atoms with Gasteiger partial charge in [0.05, 0.1) is 25.3 Å². The lowest BCUT2D eigenvalue weighted by molar-refractivity contribution is -0.184. The molecule has 0 spiro atoms. The lowest BCUT2D eigenvalue weighted by Crippen LogP contribution is -2.65. The first-order valence-corrected chi connectivity index (χ1v) is 7.05. The molecule has 8 nitrogen and oxygen atoms in total. The highest BCUT2D eigenvalue weighted by Gasteiger charge is 2.59. The molecule has 1 rings (SSSR count). The molecule has 0 radical (unpaired) electrons. The normalized spacial score (nSPS) is 29.4. The number of rotatable bonds is 5. The van der Waals surface area contributed by atoms with Crippen molar-refractivity contribution >= 4 is 12.1 Å². The number of ether oxygens (including phenoxy) is 2. The lowest BCUT2D eigenvalue weighted by Gasteiger charge is -2.52. The third-order valence-electron chi connectivity index (χ3n) is 4.41. The van der Waals surface area contributed by atoms with Gasteiger partial charge in [0, 0.05) is 7.11 Å². The maximum absolute atomic E-state index is 11.9. The number of piperidine rings is 1. The Morgan fingerprint density at radius 1 is 1.32 bits per heavy atom. The third-order valence-corrected chi connectivity index (χ3v) is 4.41. The largest absolute Gasteiger partial charge is 0.481 e. The number of aliphatic hydroxyl groups excluding tert-OH is 1. The molecule has 0 aliphatic carbocycles. The number of hydrogen-bond donors (Lipinski definition) is 3. The molecule has 1 fully saturated rings. The van der Waals surface area contributed by atoms with Gasteiger partial charge in [0.2, 0.25) is 0 Å². The van der Waals surface area contributed by atoms with Crippen LogP contribution in [0.25, 0.3) is 0 Å². The second kappa shape index (κ2) is 6.80. The second-order valence-corrected chi connectivity index (χ2v) is 6.61. The van der Waals surface area contributed by atoms with Crippen LogP contribution < -0.4 is 0 Å². The molecule has 3 atom stereocenters. The summed E-state index contributed by atoms with van der Waals surface area (Å²) in [5, 5.41) is 29.4. The fourth-order valence-corrected chi connectivity index (χ4v) is 3.12. The zero-order valence-corrected chi connectivity index (χ0v) is 13.4. The number of carboxylic acids is 1. The summed E-state index contributed by atoms with van der Waals surface area (Å²) in [4.78, 5) is 24.3. The lowest BCUT2D eigenvalue weighted by atomic mass is 9.58. The average Bonchev–Trinajstić information content (AvgIpc) is 2.38. The summed E-state index contributed by atoms with van der Waals surface area (Å²) >= 11 is 0. The molecule has 1 aliphatic rings. The zero-order valence-electron chi connectivity index (χ0n) is 13.4. The van der Waals surface area contributed by atoms with Crippen LogP contribution in [0.15, 0.2) is 0 Å². The van der Waals surface area contributed by atoms with Gasteiger partial charge in [0.1, 0.15) is 12.2 Å². The second-order valence-electron chi connectivity index (χ2n) is 6.61. The molecule has 3 N–H and O–H groups in total. The quantitative estimate of drug-likeness (QED) is 0.508. The van der Waals surface area contributed by atoms with Gasteiger partial charge in [-0.05, 0) is 11.8 Å². The molecular formula is C14H25NO7. The first kappa shape index (κ1) is 18.7. The average molecular weight is 319 g/mol. The Morgan fingerprint density at radius 3 is 2.32 bits per heavy atom. The summed E-state index contributed by atoms with van der Waals surface area (Å²) in [5.41, 5.74) is -2.19. The number of methoxy groups -OCH3 is 1. The number of likely N-dealkylation sites (tertiary alicyclic amines) is 1. The van der Waals surface area contributed by atoms with E-state index in [4.69, 9.17) is 9.47 Å². The van der Waals surface area contributed by atoms with Crippen molar-refractivity contribution in [2.24, 2.45) is 10.8 Å². The van der Waals surface area contributed by atoms with Gasteiger partial charge in [-0.3, -0.25) is 4.79 Å². The Balaban J connectivity index is 3.12. The Kier molecular flexibility index (Phi) is 5.77. The molecular weight excluding hydrogens is 294 g/mol. The number of hydrogen-bond acceptors (Lipinski definition) is 5. The maximum atomic E-state index is 11.9. The van der Waals surface area contributed by atoms with Crippen molar-refractivity contribution in [2.45, 2.75) is 39.3 Å². The molecule has 0 aromatic heterocycles. The summed E-state index contributed by atoms with van der Waals surface area (Å²) in [6, 6.07) is -0.661. The van der Waals surface area contributed by atoms with Crippen LogP contribution in [-0.4, -0.2) is 71.5 Å². The fraction of sp³-hybridized carbons (Fsp3) is 0.857. The molecule has 8 heteroatoms. The van der Waals surface area contributed by atoms with E-state index in [9.17, 15) is 24.9 Å². The molecule has 1 amide bonds. The molecule has 0 bridgehead atoms. The molecule has 1 heterocycles. The highest BCUT2D eigenvalue weighted by atomic mass is 16.7. The van der Waals surface area contributed by atoms with Crippen molar-refractivity contribution in [3.8, 4) is 0 Å². The molecule has 2 unspecified atom stereocenters. The van der Waals surface area contributed by atoms with Gasteiger partial charge >= 0.3 is 12.1 Å². The van der Waals surface area contributed by atoms with Crippen molar-refractivity contribution in [2.75, 3.05) is 27.1 Å². The molecule has 128 valence electrons. The van der Waals surface area contributed by atoms with Gasteiger partial charge in [-0.2, -0.15) is 0 Å². The minimum Gasteiger partial charge on any atom is -0.481 e. The molecule has 1 aliphatic heterocycles. The van der Waals surface area contributed by atoms with Crippen LogP contribution >= 0.6 is 0 Å². The Bertz CT molecular complexity index is 420. The highest BCUT2D eigenvalue weighted by Crippen LogP contribution is 2.49. The van der Waals surface area contributed by atoms with E-state index in [0.717, 1.165) is 4.90 Å². The first-order chi connectivity index (χ1) is 10.1. The molecule has 1 saturated heterocycles. The number of aliphatic hydroxyl groups is 1. The number of aliphatic carboxylic acids is 1. The van der Waals surface area contributed by atoms with Crippen LogP contribution in [0.5, 0.6) is 0 Å². The molecule has 0 saturated carbocycles. The van der Waals surface area contributed by atoms with Crippen molar-refractivity contribution in [3.05, 3.63) is 0 Å². The van der Waals surface area contributed by atoms with Crippen molar-refractivity contribution in [3.63, 3.8) is 0 Å². The summed E-state index contributed by atoms with van der Waals surface area (Å²) in [6.45, 7) is 4.93. The Hall–Kier alpha value is -1.38. The van der Waals surface area contributed by atoms with Crippen LogP contribution in [0.1, 0.15) is 27.2 Å². The maximum Gasteiger partial charge on any atom is 0.407 e. The van der Waals surface area contributed by atoms with Gasteiger partial charge < -0.3 is 29.7 Å². The molecule has 22 heavy (non-hydrogen) atoms. The van der Waals surface area contributed by atoms with E-state index < -0.39 is 35.0 Å². The standard InChI is InChI=1S/C14H25NO7/c1-13(2,3)14(11(17)18)5-9(7-22-8-21-4)15(12(19)20)6-10(14)16/h9-10,16H,5-8H2,1-4H3,(H,17,18)(H,19,20)/t9-,10?,14?/m1/s1. The van der Waals surface area contributed by atoms with Crippen LogP contribution in [0.4, 0.5) is 4.79 Å². The molecule has 0 aromatic carbocycles. The summed E-state index contributed by atoms with van der Waals surface area (Å²) in [5.74, 6) is -1.13. The monoisotopic (exact) mass is 319 g/mol. The highest BCUT2D eigenvalue weighted by molar-refractivity contribution is 5.77. The van der Waals surface area contributed by atoms with Crippen LogP contribution in [0, 0.1) is 10.8 Å². The zero-order chi connectivity index (χ0) is 17.1. The summed E-state index contributed by atoms with van der Waals surface area (Å²) in [7, 11) is 1.44. The van der Waals surface area contributed by atoms with Crippen LogP contribution in [-0.2, 0) is 14.3 Å². The Morgan fingerprint density at radius 2 is 1.91 bits per heavy atom. The van der Waals surface area contributed by atoms with E-state index in [1.807, 2.05) is 0 Å². The number of nitrogens with zero attached hydrogens (tertiary/aromatic N) is 1. The van der Waals surface area contributed by atoms with Crippen molar-refractivity contribution in [1.29, 1.82) is 0 Å². The number of amides is 1. The van der Waals surface area contributed by atoms with E-state index >= 15 is 0 Å². The van der Waals surface area contributed by atoms with E-state index in [0.29, 0.717) is 0 Å². The first-order valence-electron chi connectivity index (χ1n) is 7.05. The number of carbonyl (C=O) groups is 2. The van der Waals surface area contributed by atoms with Gasteiger partial charge in [0.25, 0.3) is 0 Å². The fourth-order valence-electron chi connectivity index (χ4n) is 3.12. The van der Waals surface area contributed by atoms with Crippen LogP contribution in [0.3, 0.4) is 0 Å². The van der Waals surface area contributed by atoms with Crippen molar-refractivity contribution in [1.82, 2.24) is 4.90 Å². The smallest absolute Gasteiger partial charge is 0.407 e. The summed E-state index contributed by atoms with van der Waals surface area (Å²) in [6.07, 6.45) is -2.53. The predicted molar refractivity (Wildman–Crippen MR) is 76.5 cm³/mol. The Labute approximate surface area is 129 Å². The van der Waals surface area contributed by atoms with Gasteiger partial charge in [-0.15, -0.1) is 0 Å². The SMILES string of the molecule is COCOC[C@H]1CC(C(=O)O)(C(C)(C)C)C(O)CN1C(=O)O. The summed E-state index contributed by atoms with van der Waals surface area (Å²) < 4.78 is 9.98. The van der Waals surface area contributed by atoms with E-state index in [-0.39, 0.29) is 26.4 Å². The molecule has 0 aromatic rings. The number of carboxylic acid groups (broad SMARTS) is 2. The van der Waals surface area contributed by atoms with Gasteiger partial charge in [0.15, 0.2) is 0 Å². The van der Waals surface area contributed by atoms with E-state index in [1.54, 1.807) is 20.8 Å². The minimum atomic E-state index is -1.44. The predicted octanol–water partition coefficient (Wildman–Crippen LogP) is 0.837.